The van der Waals surface area contributed by atoms with Gasteiger partial charge in [-0.3, -0.25) is 0 Å². The number of benzene rings is 1. The summed E-state index contributed by atoms with van der Waals surface area (Å²) in [5, 5.41) is 5.92. The van der Waals surface area contributed by atoms with E-state index in [0.29, 0.717) is 58.8 Å². The van der Waals surface area contributed by atoms with Crippen LogP contribution in [0.2, 0.25) is 0 Å². The van der Waals surface area contributed by atoms with Crippen molar-refractivity contribution in [3.05, 3.63) is 29.8 Å². The highest BCUT2D eigenvalue weighted by atomic mass is 16.6. The third kappa shape index (κ3) is 79.0. The highest BCUT2D eigenvalue weighted by Crippen LogP contribution is 2.19. The molecular formula is C83H161N3O17. The Labute approximate surface area is 630 Å². The summed E-state index contributed by atoms with van der Waals surface area (Å²) in [6, 6.07) is 8.54. The number of nitrogens with two attached hydrogens (primary N) is 1. The molecule has 0 fully saturated rings. The molecule has 610 valence electrons. The predicted octanol–water partition coefficient (Wildman–Crippen LogP) is 16.7. The maximum atomic E-state index is 12.3. The van der Waals surface area contributed by atoms with Crippen molar-refractivity contribution in [1.29, 1.82) is 0 Å². The van der Waals surface area contributed by atoms with E-state index in [9.17, 15) is 4.79 Å². The molecular weight excluding hydrogens is 1310 g/mol. The van der Waals surface area contributed by atoms with Gasteiger partial charge in [-0.15, -0.1) is 0 Å². The molecule has 0 aliphatic carbocycles. The van der Waals surface area contributed by atoms with E-state index in [1.165, 1.54) is 76.2 Å². The van der Waals surface area contributed by atoms with Crippen LogP contribution in [0.25, 0.3) is 0 Å². The molecule has 0 radical (unpaired) electrons. The third-order valence-corrected chi connectivity index (χ3v) is 17.5. The molecule has 0 heterocycles. The number of rotatable bonds is 90. The molecule has 0 aliphatic rings. The van der Waals surface area contributed by atoms with Crippen LogP contribution in [0.4, 0.5) is 4.79 Å². The minimum Gasteiger partial charge on any atom is -0.488 e. The van der Waals surface area contributed by atoms with Gasteiger partial charge in [0.25, 0.3) is 0 Å². The van der Waals surface area contributed by atoms with Crippen LogP contribution in [0.5, 0.6) is 5.75 Å². The van der Waals surface area contributed by atoms with E-state index in [2.05, 4.69) is 48.7 Å². The minimum atomic E-state index is -0.453. The zero-order valence-electron chi connectivity index (χ0n) is 66.7. The number of unbranched alkanes of at least 4 members (excludes halogenated alkanes) is 22. The van der Waals surface area contributed by atoms with Crippen molar-refractivity contribution in [2.24, 2.45) is 5.73 Å². The molecule has 20 nitrogen and oxygen atoms in total. The zero-order valence-corrected chi connectivity index (χ0v) is 66.7. The first-order valence-corrected chi connectivity index (χ1v) is 42.3. The Balaban J connectivity index is 1.85. The van der Waals surface area contributed by atoms with Crippen LogP contribution in [0, 0.1) is 0 Å². The average Bonchev–Trinajstić information content (AvgIpc) is 0.933. The van der Waals surface area contributed by atoms with Gasteiger partial charge in [-0.2, -0.15) is 0 Å². The molecule has 20 heteroatoms. The van der Waals surface area contributed by atoms with Gasteiger partial charge < -0.3 is 92.2 Å². The number of hydrogen-bond acceptors (Lipinski definition) is 19. The lowest BCUT2D eigenvalue weighted by atomic mass is 10.0. The number of ether oxygens (including phenoxy) is 16. The first kappa shape index (κ1) is 98.7. The van der Waals surface area contributed by atoms with Gasteiger partial charge in [-0.25, -0.2) is 4.79 Å². The summed E-state index contributed by atoms with van der Waals surface area (Å²) in [7, 11) is 0. The number of nitrogens with one attached hydrogen (secondary N) is 2. The van der Waals surface area contributed by atoms with Crippen LogP contribution in [0.15, 0.2) is 24.3 Å². The normalized spacial score (nSPS) is 12.3. The third-order valence-electron chi connectivity index (χ3n) is 17.5. The second kappa shape index (κ2) is 86.9. The second-order valence-electron chi connectivity index (χ2n) is 27.3. The fraction of sp³-hybridized carbons (Fsp3) is 0.916. The molecule has 0 aromatic heterocycles. The van der Waals surface area contributed by atoms with Crippen molar-refractivity contribution < 1.29 is 80.6 Å². The zero-order chi connectivity index (χ0) is 73.6. The van der Waals surface area contributed by atoms with Crippen LogP contribution in [-0.4, -0.2) is 229 Å². The van der Waals surface area contributed by atoms with E-state index in [4.69, 9.17) is 81.5 Å². The molecule has 0 saturated heterocycles. The van der Waals surface area contributed by atoms with Gasteiger partial charge in [0.15, 0.2) is 0 Å². The first-order valence-electron chi connectivity index (χ1n) is 42.3. The molecule has 1 rings (SSSR count). The molecule has 2 unspecified atom stereocenters. The lowest BCUT2D eigenvalue weighted by Gasteiger charge is -2.23. The van der Waals surface area contributed by atoms with E-state index < -0.39 is 6.09 Å². The number of hydrogen-bond donors (Lipinski definition) is 3. The average molecular weight is 1470 g/mol. The van der Waals surface area contributed by atoms with Crippen molar-refractivity contribution in [2.75, 3.05) is 211 Å². The summed E-state index contributed by atoms with van der Waals surface area (Å²) in [4.78, 5) is 12.3. The highest BCUT2D eigenvalue weighted by molar-refractivity contribution is 5.67. The monoisotopic (exact) mass is 1470 g/mol. The Morgan fingerprint density at radius 2 is 0.612 bits per heavy atom. The van der Waals surface area contributed by atoms with E-state index >= 15 is 0 Å². The van der Waals surface area contributed by atoms with Crippen molar-refractivity contribution in [2.45, 2.75) is 283 Å². The maximum absolute atomic E-state index is 12.3. The van der Waals surface area contributed by atoms with Gasteiger partial charge in [0.05, 0.1) is 19.3 Å². The SMILES string of the molecule is CCCCCCCCCCCCc1ccc(OC(CCOCCCCOCCCCOCCCCOCCCCOCCCCOCCCCOCCCCOCCCCOCCCCOCCCCOCCCCOCCCCOCCCC)COC(CC)COC(=O)NCCNCCN)cc1. The van der Waals surface area contributed by atoms with Crippen LogP contribution in [0.1, 0.15) is 270 Å². The molecule has 2 atom stereocenters. The van der Waals surface area contributed by atoms with E-state index in [-0.39, 0.29) is 18.8 Å². The molecule has 0 saturated carbocycles. The Morgan fingerprint density at radius 1 is 0.320 bits per heavy atom. The number of carbonyl (C=O) groups is 1. The van der Waals surface area contributed by atoms with Crippen LogP contribution in [-0.2, 0) is 77.5 Å². The molecule has 4 N–H and O–H groups in total. The first-order chi connectivity index (χ1) is 51.1. The van der Waals surface area contributed by atoms with Gasteiger partial charge in [0.2, 0.25) is 0 Å². The number of alkyl carbamates (subject to hydrolysis) is 1. The van der Waals surface area contributed by atoms with Crippen LogP contribution in [0.3, 0.4) is 0 Å². The second-order valence-corrected chi connectivity index (χ2v) is 27.3. The number of aryl methyl sites for hydroxylation is 1. The topological polar surface area (TPSA) is 215 Å². The standard InChI is InChI=1S/C83H161N3O17/c1-4-7-9-10-11-12-13-14-15-16-41-79-42-44-81(45-43-79)103-82(78-101-80(6-3)77-102-83(87)86-50-49-85-48-47-84)46-76-100-75-40-39-74-99-73-38-37-72-98-71-36-35-70-97-69-34-33-68-96-67-32-31-66-95-65-30-29-64-94-63-28-27-62-93-61-26-25-60-92-59-24-23-58-91-57-22-21-56-90-55-20-19-54-89-53-18-17-52-88-51-8-5-2/h42-45,80,82,85H,4-41,46-78,84H2,1-3H3,(H,86,87). The Kier molecular flexibility index (Phi) is 83.2. The van der Waals surface area contributed by atoms with Crippen molar-refractivity contribution in [1.82, 2.24) is 10.6 Å². The van der Waals surface area contributed by atoms with E-state index in [1.807, 2.05) is 6.92 Å². The molecule has 0 aliphatic heterocycles. The fourth-order valence-corrected chi connectivity index (χ4v) is 10.8. The van der Waals surface area contributed by atoms with Gasteiger partial charge in [0, 0.05) is 198 Å². The van der Waals surface area contributed by atoms with Crippen molar-refractivity contribution in [3.8, 4) is 5.75 Å². The minimum absolute atomic E-state index is 0.172. The maximum Gasteiger partial charge on any atom is 0.407 e. The molecule has 0 spiro atoms. The lowest BCUT2D eigenvalue weighted by Crippen LogP contribution is -2.36. The summed E-state index contributed by atoms with van der Waals surface area (Å²) >= 11 is 0. The fourth-order valence-electron chi connectivity index (χ4n) is 10.8. The number of amides is 1. The highest BCUT2D eigenvalue weighted by Gasteiger charge is 2.17. The van der Waals surface area contributed by atoms with E-state index in [1.54, 1.807) is 0 Å². The van der Waals surface area contributed by atoms with Gasteiger partial charge in [0.1, 0.15) is 18.5 Å². The summed E-state index contributed by atoms with van der Waals surface area (Å²) < 4.78 is 93.8. The van der Waals surface area contributed by atoms with Gasteiger partial charge in [-0.1, -0.05) is 97.1 Å². The summed E-state index contributed by atoms with van der Waals surface area (Å²) in [5.74, 6) is 0.826. The van der Waals surface area contributed by atoms with Crippen LogP contribution >= 0.6 is 0 Å². The Morgan fingerprint density at radius 3 is 0.913 bits per heavy atom. The van der Waals surface area contributed by atoms with Crippen LogP contribution < -0.4 is 21.1 Å². The molecule has 0 bridgehead atoms. The predicted molar refractivity (Wildman–Crippen MR) is 419 cm³/mol. The number of carbonyl (C=O) groups excluding carboxylic acids is 1. The summed E-state index contributed by atoms with van der Waals surface area (Å²) in [6.45, 7) is 29.9. The van der Waals surface area contributed by atoms with Gasteiger partial charge in [-0.05, 0) is 197 Å². The van der Waals surface area contributed by atoms with Crippen molar-refractivity contribution in [3.63, 3.8) is 0 Å². The quantitative estimate of drug-likeness (QED) is 0.0517. The van der Waals surface area contributed by atoms with E-state index in [0.717, 1.165) is 331 Å². The summed E-state index contributed by atoms with van der Waals surface area (Å²) in [6.07, 6.45) is 42.1. The van der Waals surface area contributed by atoms with Crippen molar-refractivity contribution >= 4 is 6.09 Å². The molecule has 1 aromatic rings. The Hall–Kier alpha value is -2.35. The Bertz CT molecular complexity index is 1750. The van der Waals surface area contributed by atoms with Gasteiger partial charge >= 0.3 is 6.09 Å². The smallest absolute Gasteiger partial charge is 0.407 e. The molecule has 103 heavy (non-hydrogen) atoms. The molecule has 1 aromatic carbocycles. The lowest BCUT2D eigenvalue weighted by molar-refractivity contribution is -0.0370. The molecule has 1 amide bonds. The largest absolute Gasteiger partial charge is 0.488 e. The summed E-state index contributed by atoms with van der Waals surface area (Å²) in [5.41, 5.74) is 6.87.